The molecule has 0 radical (unpaired) electrons. The van der Waals surface area contributed by atoms with Gasteiger partial charge in [-0.3, -0.25) is 9.48 Å². The third kappa shape index (κ3) is 1.83. The lowest BCUT2D eigenvalue weighted by Gasteiger charge is -2.23. The Kier molecular flexibility index (Phi) is 2.63. The van der Waals surface area contributed by atoms with Crippen LogP contribution in [0.4, 0.5) is 0 Å². The Morgan fingerprint density at radius 1 is 1.60 bits per heavy atom. The number of hydrogen-bond donors (Lipinski definition) is 0. The molecule has 0 bridgehead atoms. The molecule has 1 aromatic heterocycles. The van der Waals surface area contributed by atoms with Gasteiger partial charge in [0.15, 0.2) is 0 Å². The normalized spacial score (nSPS) is 26.1. The van der Waals surface area contributed by atoms with E-state index >= 15 is 0 Å². The van der Waals surface area contributed by atoms with Crippen LogP contribution < -0.4 is 0 Å². The summed E-state index contributed by atoms with van der Waals surface area (Å²) in [5.74, 6) is 0.391. The fourth-order valence-corrected chi connectivity index (χ4v) is 2.48. The van der Waals surface area contributed by atoms with Crippen LogP contribution in [0.1, 0.15) is 45.2 Å². The summed E-state index contributed by atoms with van der Waals surface area (Å²) in [7, 11) is 0. The molecule has 0 spiro atoms. The van der Waals surface area contributed by atoms with Crippen LogP contribution in [0.3, 0.4) is 0 Å². The predicted octanol–water partition coefficient (Wildman–Crippen LogP) is 2.30. The molecule has 15 heavy (non-hydrogen) atoms. The lowest BCUT2D eigenvalue weighted by atomic mass is 9.85. The fourth-order valence-electron chi connectivity index (χ4n) is 2.48. The van der Waals surface area contributed by atoms with E-state index in [2.05, 4.69) is 29.7 Å². The van der Waals surface area contributed by atoms with Crippen LogP contribution in [-0.2, 0) is 16.8 Å². The van der Waals surface area contributed by atoms with Gasteiger partial charge < -0.3 is 0 Å². The van der Waals surface area contributed by atoms with Crippen molar-refractivity contribution in [3.05, 3.63) is 18.0 Å². The predicted molar refractivity (Wildman–Crippen MR) is 58.7 cm³/mol. The minimum Gasteiger partial charge on any atom is -0.300 e. The molecule has 1 atom stereocenters. The van der Waals surface area contributed by atoms with E-state index in [1.807, 2.05) is 6.20 Å². The summed E-state index contributed by atoms with van der Waals surface area (Å²) in [5.41, 5.74) is 1.26. The molecule has 1 saturated carbocycles. The van der Waals surface area contributed by atoms with Crippen LogP contribution in [0, 0.1) is 0 Å². The number of aryl methyl sites for hydroxylation is 1. The molecule has 0 aromatic carbocycles. The molecular weight excluding hydrogens is 188 g/mol. The molecule has 0 amide bonds. The summed E-state index contributed by atoms with van der Waals surface area (Å²) in [5, 5.41) is 4.33. The minimum absolute atomic E-state index is 0.0305. The van der Waals surface area contributed by atoms with Crippen molar-refractivity contribution in [2.75, 3.05) is 0 Å². The molecule has 3 heteroatoms. The second kappa shape index (κ2) is 3.80. The Morgan fingerprint density at radius 3 is 3.00 bits per heavy atom. The van der Waals surface area contributed by atoms with E-state index in [1.54, 1.807) is 0 Å². The number of carbonyl (C=O) groups excluding carboxylic acids is 1. The van der Waals surface area contributed by atoms with Gasteiger partial charge in [0.1, 0.15) is 5.78 Å². The fraction of sp³-hybridized carbons (Fsp3) is 0.667. The molecule has 1 aliphatic carbocycles. The number of rotatable bonds is 3. The van der Waals surface area contributed by atoms with E-state index in [0.29, 0.717) is 12.2 Å². The summed E-state index contributed by atoms with van der Waals surface area (Å²) in [6, 6.07) is 2.06. The highest BCUT2D eigenvalue weighted by atomic mass is 16.1. The number of Topliss-reactive ketones (excluding diaryl/α,β-unsaturated/α-hetero) is 1. The highest BCUT2D eigenvalue weighted by molar-refractivity contribution is 5.82. The summed E-state index contributed by atoms with van der Waals surface area (Å²) >= 11 is 0. The van der Waals surface area contributed by atoms with Gasteiger partial charge in [-0.2, -0.15) is 5.10 Å². The maximum absolute atomic E-state index is 11.4. The first-order valence-electron chi connectivity index (χ1n) is 5.70. The SMILES string of the molecule is CCCn1nccc1C1(C)CCC(=O)C1. The second-order valence-electron chi connectivity index (χ2n) is 4.72. The molecule has 0 N–H and O–H groups in total. The van der Waals surface area contributed by atoms with Gasteiger partial charge in [0.05, 0.1) is 0 Å². The molecular formula is C12H18N2O. The average molecular weight is 206 g/mol. The lowest BCUT2D eigenvalue weighted by molar-refractivity contribution is -0.117. The molecule has 1 unspecified atom stereocenters. The van der Waals surface area contributed by atoms with Crippen LogP contribution in [0.25, 0.3) is 0 Å². The number of hydrogen-bond acceptors (Lipinski definition) is 2. The summed E-state index contributed by atoms with van der Waals surface area (Å²) < 4.78 is 2.05. The summed E-state index contributed by atoms with van der Waals surface area (Å²) in [6.07, 6.45) is 5.31. The number of nitrogens with zero attached hydrogens (tertiary/aromatic N) is 2. The van der Waals surface area contributed by atoms with E-state index in [4.69, 9.17) is 0 Å². The summed E-state index contributed by atoms with van der Waals surface area (Å²) in [6.45, 7) is 5.28. The van der Waals surface area contributed by atoms with Gasteiger partial charge in [-0.25, -0.2) is 0 Å². The smallest absolute Gasteiger partial charge is 0.133 e. The van der Waals surface area contributed by atoms with Crippen LogP contribution in [0.2, 0.25) is 0 Å². The Balaban J connectivity index is 2.28. The van der Waals surface area contributed by atoms with Gasteiger partial charge in [0.2, 0.25) is 0 Å². The topological polar surface area (TPSA) is 34.9 Å². The molecule has 82 valence electrons. The largest absolute Gasteiger partial charge is 0.300 e. The Morgan fingerprint density at radius 2 is 2.40 bits per heavy atom. The van der Waals surface area contributed by atoms with Gasteiger partial charge in [-0.15, -0.1) is 0 Å². The van der Waals surface area contributed by atoms with Crippen molar-refractivity contribution in [1.29, 1.82) is 0 Å². The van der Waals surface area contributed by atoms with Crippen molar-refractivity contribution in [2.24, 2.45) is 0 Å². The van der Waals surface area contributed by atoms with Crippen molar-refractivity contribution >= 4 is 5.78 Å². The van der Waals surface area contributed by atoms with E-state index in [9.17, 15) is 4.79 Å². The quantitative estimate of drug-likeness (QED) is 0.760. The zero-order chi connectivity index (χ0) is 10.9. The van der Waals surface area contributed by atoms with Gasteiger partial charge in [0.25, 0.3) is 0 Å². The molecule has 1 fully saturated rings. The van der Waals surface area contributed by atoms with E-state index in [0.717, 1.165) is 25.8 Å². The molecule has 3 nitrogen and oxygen atoms in total. The minimum atomic E-state index is 0.0305. The number of carbonyl (C=O) groups is 1. The highest BCUT2D eigenvalue weighted by Crippen LogP contribution is 2.38. The standard InChI is InChI=1S/C12H18N2O/c1-3-8-14-11(5-7-13-14)12(2)6-4-10(15)9-12/h5,7H,3-4,6,8-9H2,1-2H3. The first kappa shape index (κ1) is 10.4. The Hall–Kier alpha value is -1.12. The average Bonchev–Trinajstić information content (AvgIpc) is 2.75. The zero-order valence-electron chi connectivity index (χ0n) is 9.49. The maximum atomic E-state index is 11.4. The number of aromatic nitrogens is 2. The molecule has 0 saturated heterocycles. The van der Waals surface area contributed by atoms with Gasteiger partial charge in [-0.05, 0) is 18.9 Å². The first-order chi connectivity index (χ1) is 7.15. The van der Waals surface area contributed by atoms with Crippen molar-refractivity contribution in [2.45, 2.75) is 51.5 Å². The Bertz CT molecular complexity index is 369. The second-order valence-corrected chi connectivity index (χ2v) is 4.72. The Labute approximate surface area is 90.5 Å². The van der Waals surface area contributed by atoms with Crippen LogP contribution >= 0.6 is 0 Å². The lowest BCUT2D eigenvalue weighted by Crippen LogP contribution is -2.23. The van der Waals surface area contributed by atoms with Gasteiger partial charge in [-0.1, -0.05) is 13.8 Å². The monoisotopic (exact) mass is 206 g/mol. The van der Waals surface area contributed by atoms with Crippen molar-refractivity contribution in [1.82, 2.24) is 9.78 Å². The van der Waals surface area contributed by atoms with E-state index < -0.39 is 0 Å². The van der Waals surface area contributed by atoms with Gasteiger partial charge in [0, 0.05) is 36.7 Å². The molecule has 0 aliphatic heterocycles. The maximum Gasteiger partial charge on any atom is 0.133 e. The summed E-state index contributed by atoms with van der Waals surface area (Å²) in [4.78, 5) is 11.4. The van der Waals surface area contributed by atoms with Crippen LogP contribution in [0.5, 0.6) is 0 Å². The molecule has 1 heterocycles. The molecule has 2 rings (SSSR count). The van der Waals surface area contributed by atoms with Gasteiger partial charge >= 0.3 is 0 Å². The third-order valence-electron chi connectivity index (χ3n) is 3.31. The van der Waals surface area contributed by atoms with E-state index in [-0.39, 0.29) is 5.41 Å². The van der Waals surface area contributed by atoms with Crippen LogP contribution in [0.15, 0.2) is 12.3 Å². The zero-order valence-corrected chi connectivity index (χ0v) is 9.49. The van der Waals surface area contributed by atoms with Crippen molar-refractivity contribution in [3.8, 4) is 0 Å². The highest BCUT2D eigenvalue weighted by Gasteiger charge is 2.37. The molecule has 1 aliphatic rings. The van der Waals surface area contributed by atoms with Crippen molar-refractivity contribution in [3.63, 3.8) is 0 Å². The van der Waals surface area contributed by atoms with E-state index in [1.165, 1.54) is 5.69 Å². The third-order valence-corrected chi connectivity index (χ3v) is 3.31. The first-order valence-corrected chi connectivity index (χ1v) is 5.70. The van der Waals surface area contributed by atoms with Crippen molar-refractivity contribution < 1.29 is 4.79 Å². The molecule has 1 aromatic rings. The number of ketones is 1. The van der Waals surface area contributed by atoms with Crippen LogP contribution in [-0.4, -0.2) is 15.6 Å².